The summed E-state index contributed by atoms with van der Waals surface area (Å²) in [5.74, 6) is 4.87. The lowest BCUT2D eigenvalue weighted by molar-refractivity contribution is -0.129. The molecule has 1 amide bonds. The van der Waals surface area contributed by atoms with Crippen LogP contribution < -0.4 is 5.32 Å². The van der Waals surface area contributed by atoms with E-state index in [0.717, 1.165) is 11.1 Å². The molecular weight excluding hydrogens is 330 g/mol. The number of hydrogen-bond acceptors (Lipinski definition) is 4. The van der Waals surface area contributed by atoms with Crippen LogP contribution in [-0.2, 0) is 4.79 Å². The Morgan fingerprint density at radius 3 is 2.04 bits per heavy atom. The highest BCUT2D eigenvalue weighted by molar-refractivity contribution is 5.98. The third-order valence-corrected chi connectivity index (χ3v) is 3.73. The molecule has 0 saturated heterocycles. The van der Waals surface area contributed by atoms with Gasteiger partial charge in [0.05, 0.1) is 5.60 Å². The van der Waals surface area contributed by atoms with E-state index in [-0.39, 0.29) is 0 Å². The zero-order valence-electron chi connectivity index (χ0n) is 14.7. The van der Waals surface area contributed by atoms with Crippen molar-refractivity contribution in [2.45, 2.75) is 25.5 Å². The molecule has 26 heavy (non-hydrogen) atoms. The zero-order valence-corrected chi connectivity index (χ0v) is 14.7. The SMILES string of the molecule is CC(C)(O)[C@H](NC(=O)c1ccc(C#Cc2ccccc2)cc1)C(=O)CO. The number of ketones is 1. The van der Waals surface area contributed by atoms with E-state index in [4.69, 9.17) is 5.11 Å². The van der Waals surface area contributed by atoms with Gasteiger partial charge in [-0.15, -0.1) is 0 Å². The molecule has 0 fully saturated rings. The molecule has 2 aromatic rings. The van der Waals surface area contributed by atoms with Crippen LogP contribution in [0.2, 0.25) is 0 Å². The predicted molar refractivity (Wildman–Crippen MR) is 98.5 cm³/mol. The van der Waals surface area contributed by atoms with Gasteiger partial charge in [0.2, 0.25) is 0 Å². The van der Waals surface area contributed by atoms with Gasteiger partial charge in [-0.05, 0) is 50.2 Å². The minimum Gasteiger partial charge on any atom is -0.388 e. The largest absolute Gasteiger partial charge is 0.388 e. The number of carbonyl (C=O) groups excluding carboxylic acids is 2. The van der Waals surface area contributed by atoms with Crippen molar-refractivity contribution < 1.29 is 19.8 Å². The van der Waals surface area contributed by atoms with Gasteiger partial charge in [-0.25, -0.2) is 0 Å². The van der Waals surface area contributed by atoms with E-state index >= 15 is 0 Å². The second-order valence-corrected chi connectivity index (χ2v) is 6.38. The molecule has 0 heterocycles. The van der Waals surface area contributed by atoms with Crippen molar-refractivity contribution in [2.24, 2.45) is 0 Å². The van der Waals surface area contributed by atoms with Gasteiger partial charge in [-0.3, -0.25) is 9.59 Å². The van der Waals surface area contributed by atoms with Crippen molar-refractivity contribution in [2.75, 3.05) is 6.61 Å². The van der Waals surface area contributed by atoms with E-state index in [1.807, 2.05) is 30.3 Å². The number of carbonyl (C=O) groups is 2. The van der Waals surface area contributed by atoms with Crippen molar-refractivity contribution in [3.8, 4) is 11.8 Å². The number of nitrogens with one attached hydrogen (secondary N) is 1. The molecule has 5 nitrogen and oxygen atoms in total. The van der Waals surface area contributed by atoms with E-state index in [0.29, 0.717) is 5.56 Å². The number of aliphatic hydroxyl groups is 2. The molecule has 0 aromatic heterocycles. The highest BCUT2D eigenvalue weighted by Gasteiger charge is 2.34. The smallest absolute Gasteiger partial charge is 0.251 e. The zero-order chi connectivity index (χ0) is 19.2. The quantitative estimate of drug-likeness (QED) is 0.713. The maximum Gasteiger partial charge on any atom is 0.251 e. The third-order valence-electron chi connectivity index (χ3n) is 3.73. The maximum atomic E-state index is 12.3. The minimum absolute atomic E-state index is 0.329. The molecule has 0 bridgehead atoms. The first-order valence-corrected chi connectivity index (χ1v) is 8.15. The molecule has 0 saturated carbocycles. The van der Waals surface area contributed by atoms with Crippen molar-refractivity contribution >= 4 is 11.7 Å². The van der Waals surface area contributed by atoms with Crippen LogP contribution >= 0.6 is 0 Å². The average Bonchev–Trinajstić information content (AvgIpc) is 2.64. The van der Waals surface area contributed by atoms with Gasteiger partial charge >= 0.3 is 0 Å². The summed E-state index contributed by atoms with van der Waals surface area (Å²) in [7, 11) is 0. The van der Waals surface area contributed by atoms with Gasteiger partial charge in [0.15, 0.2) is 5.78 Å². The summed E-state index contributed by atoms with van der Waals surface area (Å²) in [5, 5.41) is 21.5. The van der Waals surface area contributed by atoms with Crippen LogP contribution in [0, 0.1) is 11.8 Å². The van der Waals surface area contributed by atoms with Crippen LogP contribution in [0.3, 0.4) is 0 Å². The molecule has 1 atom stereocenters. The molecule has 2 rings (SSSR count). The van der Waals surface area contributed by atoms with Crippen molar-refractivity contribution in [3.63, 3.8) is 0 Å². The lowest BCUT2D eigenvalue weighted by atomic mass is 9.94. The number of aliphatic hydroxyl groups excluding tert-OH is 1. The normalized spacial score (nSPS) is 11.8. The Kier molecular flexibility index (Phi) is 6.29. The molecule has 5 heteroatoms. The molecule has 0 aliphatic carbocycles. The standard InChI is InChI=1S/C21H21NO4/c1-21(2,26)19(18(24)14-23)22-20(25)17-12-10-16(11-13-17)9-8-15-6-4-3-5-7-15/h3-7,10-13,19,23,26H,14H2,1-2H3,(H,22,25)/t19-/m1/s1. The Morgan fingerprint density at radius 1 is 1.00 bits per heavy atom. The minimum atomic E-state index is -1.49. The summed E-state index contributed by atoms with van der Waals surface area (Å²) >= 11 is 0. The van der Waals surface area contributed by atoms with Crippen molar-refractivity contribution in [1.82, 2.24) is 5.32 Å². The maximum absolute atomic E-state index is 12.3. The molecule has 0 radical (unpaired) electrons. The number of Topliss-reactive ketones (excluding diaryl/α,β-unsaturated/α-hetero) is 1. The fourth-order valence-electron chi connectivity index (χ4n) is 2.33. The van der Waals surface area contributed by atoms with Gasteiger partial charge in [0.1, 0.15) is 12.6 Å². The topological polar surface area (TPSA) is 86.6 Å². The van der Waals surface area contributed by atoms with Gasteiger partial charge < -0.3 is 15.5 Å². The van der Waals surface area contributed by atoms with E-state index < -0.39 is 29.9 Å². The van der Waals surface area contributed by atoms with Crippen LogP contribution in [0.5, 0.6) is 0 Å². The van der Waals surface area contributed by atoms with Crippen LogP contribution in [0.4, 0.5) is 0 Å². The second-order valence-electron chi connectivity index (χ2n) is 6.38. The highest BCUT2D eigenvalue weighted by Crippen LogP contribution is 2.12. The Hall–Kier alpha value is -2.94. The van der Waals surface area contributed by atoms with Gasteiger partial charge in [-0.1, -0.05) is 30.0 Å². The highest BCUT2D eigenvalue weighted by atomic mass is 16.3. The van der Waals surface area contributed by atoms with E-state index in [1.54, 1.807) is 24.3 Å². The molecule has 0 aliphatic rings. The number of hydrogen-bond donors (Lipinski definition) is 3. The number of benzene rings is 2. The predicted octanol–water partition coefficient (Wildman–Crippen LogP) is 1.52. The first-order valence-electron chi connectivity index (χ1n) is 8.15. The monoisotopic (exact) mass is 351 g/mol. The Balaban J connectivity index is 2.11. The first kappa shape index (κ1) is 19.4. The van der Waals surface area contributed by atoms with E-state index in [2.05, 4.69) is 17.2 Å². The van der Waals surface area contributed by atoms with E-state index in [1.165, 1.54) is 13.8 Å². The molecule has 0 unspecified atom stereocenters. The Bertz CT molecular complexity index is 824. The summed E-state index contributed by atoms with van der Waals surface area (Å²) in [4.78, 5) is 24.1. The molecule has 134 valence electrons. The average molecular weight is 351 g/mol. The van der Waals surface area contributed by atoms with Gasteiger partial charge in [-0.2, -0.15) is 0 Å². The Labute approximate surface area is 152 Å². The summed E-state index contributed by atoms with van der Waals surface area (Å²) in [6.07, 6.45) is 0. The van der Waals surface area contributed by atoms with Crippen molar-refractivity contribution in [3.05, 3.63) is 71.3 Å². The summed E-state index contributed by atoms with van der Waals surface area (Å²) < 4.78 is 0. The molecule has 0 spiro atoms. The van der Waals surface area contributed by atoms with Crippen LogP contribution in [0.15, 0.2) is 54.6 Å². The number of rotatable bonds is 5. The summed E-state index contributed by atoms with van der Waals surface area (Å²) in [6, 6.07) is 14.9. The van der Waals surface area contributed by atoms with Crippen LogP contribution in [-0.4, -0.2) is 40.2 Å². The van der Waals surface area contributed by atoms with E-state index in [9.17, 15) is 14.7 Å². The van der Waals surface area contributed by atoms with Gasteiger partial charge in [0.25, 0.3) is 5.91 Å². The molecule has 3 N–H and O–H groups in total. The van der Waals surface area contributed by atoms with Crippen molar-refractivity contribution in [1.29, 1.82) is 0 Å². The third kappa shape index (κ3) is 5.28. The lowest BCUT2D eigenvalue weighted by Gasteiger charge is -2.28. The first-order chi connectivity index (χ1) is 12.3. The Morgan fingerprint density at radius 2 is 1.54 bits per heavy atom. The van der Waals surface area contributed by atoms with Gasteiger partial charge in [0, 0.05) is 16.7 Å². The summed E-state index contributed by atoms with van der Waals surface area (Å²) in [5.41, 5.74) is 0.479. The second kappa shape index (κ2) is 8.43. The molecule has 0 aliphatic heterocycles. The van der Waals surface area contributed by atoms with Crippen LogP contribution in [0.25, 0.3) is 0 Å². The fourth-order valence-corrected chi connectivity index (χ4v) is 2.33. The molecular formula is C21H21NO4. The number of amides is 1. The lowest BCUT2D eigenvalue weighted by Crippen LogP contribution is -2.54. The fraction of sp³-hybridized carbons (Fsp3) is 0.238. The van der Waals surface area contributed by atoms with Crippen LogP contribution in [0.1, 0.15) is 35.3 Å². The summed E-state index contributed by atoms with van der Waals surface area (Å²) in [6.45, 7) is 2.03. The molecule has 2 aromatic carbocycles.